The number of rotatable bonds is 10. The number of sulfonamides is 1. The summed E-state index contributed by atoms with van der Waals surface area (Å²) >= 11 is 0. The molecular formula is C28H30N8O3S. The maximum absolute atomic E-state index is 13.6. The SMILES string of the molecule is CN(C)N(C(Cc1c[nH]c2ccccc12)C(=O)NCc1ccc(-c2ccccc2-c2nn[nH]n2)cc1)S(C)(=O)=O. The van der Waals surface area contributed by atoms with Crippen LogP contribution in [-0.4, -0.2) is 75.7 Å². The second kappa shape index (κ2) is 11.4. The zero-order valence-electron chi connectivity index (χ0n) is 22.4. The van der Waals surface area contributed by atoms with Crippen LogP contribution >= 0.6 is 0 Å². The highest BCUT2D eigenvalue weighted by Crippen LogP contribution is 2.30. The van der Waals surface area contributed by atoms with Gasteiger partial charge < -0.3 is 10.3 Å². The average molecular weight is 559 g/mol. The van der Waals surface area contributed by atoms with Gasteiger partial charge in [0.2, 0.25) is 21.8 Å². The van der Waals surface area contributed by atoms with E-state index in [1.54, 1.807) is 14.1 Å². The number of amides is 1. The van der Waals surface area contributed by atoms with Crippen molar-refractivity contribution in [2.75, 3.05) is 20.4 Å². The largest absolute Gasteiger partial charge is 0.361 e. The Bertz CT molecular complexity index is 1710. The van der Waals surface area contributed by atoms with E-state index in [9.17, 15) is 13.2 Å². The topological polar surface area (TPSA) is 140 Å². The van der Waals surface area contributed by atoms with Crippen molar-refractivity contribution in [2.45, 2.75) is 19.0 Å². The molecule has 5 rings (SSSR count). The normalized spacial score (nSPS) is 12.7. The lowest BCUT2D eigenvalue weighted by atomic mass is 9.98. The molecule has 12 heteroatoms. The molecule has 1 atom stereocenters. The maximum Gasteiger partial charge on any atom is 0.240 e. The van der Waals surface area contributed by atoms with Crippen LogP contribution in [0.1, 0.15) is 11.1 Å². The van der Waals surface area contributed by atoms with Gasteiger partial charge in [-0.25, -0.2) is 13.4 Å². The minimum atomic E-state index is -3.74. The first-order valence-electron chi connectivity index (χ1n) is 12.6. The lowest BCUT2D eigenvalue weighted by Crippen LogP contribution is -2.55. The molecule has 40 heavy (non-hydrogen) atoms. The lowest BCUT2D eigenvalue weighted by Gasteiger charge is -2.33. The molecule has 3 aromatic carbocycles. The monoisotopic (exact) mass is 558 g/mol. The number of benzene rings is 3. The second-order valence-electron chi connectivity index (χ2n) is 9.66. The summed E-state index contributed by atoms with van der Waals surface area (Å²) in [5.41, 5.74) is 5.42. The molecule has 1 amide bonds. The first-order chi connectivity index (χ1) is 19.2. The summed E-state index contributed by atoms with van der Waals surface area (Å²) in [5.74, 6) is 0.112. The summed E-state index contributed by atoms with van der Waals surface area (Å²) in [5, 5.41) is 19.7. The van der Waals surface area contributed by atoms with E-state index in [1.807, 2.05) is 79.0 Å². The summed E-state index contributed by atoms with van der Waals surface area (Å²) in [4.78, 5) is 16.8. The molecule has 1 unspecified atom stereocenters. The van der Waals surface area contributed by atoms with Crippen LogP contribution in [0, 0.1) is 0 Å². The third kappa shape index (κ3) is 5.78. The van der Waals surface area contributed by atoms with Crippen molar-refractivity contribution in [3.63, 3.8) is 0 Å². The highest BCUT2D eigenvalue weighted by molar-refractivity contribution is 7.88. The molecule has 0 radical (unpaired) electrons. The van der Waals surface area contributed by atoms with Crippen molar-refractivity contribution in [1.29, 1.82) is 0 Å². The Morgan fingerprint density at radius 3 is 2.35 bits per heavy atom. The number of nitrogens with one attached hydrogen (secondary N) is 3. The predicted octanol–water partition coefficient (Wildman–Crippen LogP) is 2.98. The highest BCUT2D eigenvalue weighted by atomic mass is 32.2. The van der Waals surface area contributed by atoms with E-state index >= 15 is 0 Å². The third-order valence-electron chi connectivity index (χ3n) is 6.64. The molecule has 0 saturated carbocycles. The molecule has 206 valence electrons. The fourth-order valence-corrected chi connectivity index (χ4v) is 6.13. The molecule has 2 heterocycles. The number of para-hydroxylation sites is 1. The van der Waals surface area contributed by atoms with E-state index < -0.39 is 22.0 Å². The van der Waals surface area contributed by atoms with Gasteiger partial charge in [0.25, 0.3) is 0 Å². The molecule has 0 fully saturated rings. The Kier molecular flexibility index (Phi) is 7.74. The van der Waals surface area contributed by atoms with Gasteiger partial charge in [-0.15, -0.1) is 14.6 Å². The van der Waals surface area contributed by atoms with Crippen molar-refractivity contribution < 1.29 is 13.2 Å². The molecule has 0 spiro atoms. The number of aromatic nitrogens is 5. The molecular weight excluding hydrogens is 528 g/mol. The molecule has 0 aliphatic carbocycles. The van der Waals surface area contributed by atoms with Crippen LogP contribution in [0.15, 0.2) is 79.0 Å². The molecule has 0 aliphatic rings. The molecule has 11 nitrogen and oxygen atoms in total. The Labute approximate surface area is 232 Å². The average Bonchev–Trinajstić information content (AvgIpc) is 3.62. The Hall–Kier alpha value is -4.39. The molecule has 0 saturated heterocycles. The number of H-pyrrole nitrogens is 2. The molecule has 0 bridgehead atoms. The van der Waals surface area contributed by atoms with Gasteiger partial charge in [0.15, 0.2) is 0 Å². The van der Waals surface area contributed by atoms with Crippen LogP contribution in [0.2, 0.25) is 0 Å². The molecule has 3 N–H and O–H groups in total. The zero-order valence-corrected chi connectivity index (χ0v) is 23.2. The molecule has 5 aromatic rings. The van der Waals surface area contributed by atoms with Crippen molar-refractivity contribution >= 4 is 26.8 Å². The van der Waals surface area contributed by atoms with Crippen molar-refractivity contribution in [3.8, 4) is 22.5 Å². The van der Waals surface area contributed by atoms with Crippen LogP contribution in [0.25, 0.3) is 33.4 Å². The fourth-order valence-electron chi connectivity index (χ4n) is 4.90. The quantitative estimate of drug-likeness (QED) is 0.224. The standard InChI is InChI=1S/C28H30N8O3S/c1-35(2)36(40(3,38)39)26(16-21-18-29-25-11-7-6-9-23(21)25)28(37)30-17-19-12-14-20(15-13-19)22-8-4-5-10-24(22)27-31-33-34-32-27/h4-15,18,26,29H,16-17H2,1-3H3,(H,30,37)(H,31,32,33,34). The minimum absolute atomic E-state index is 0.201. The number of nitrogens with zero attached hydrogens (tertiary/aromatic N) is 5. The number of carbonyl (C=O) groups is 1. The van der Waals surface area contributed by atoms with Crippen LogP contribution in [0.4, 0.5) is 0 Å². The maximum atomic E-state index is 13.6. The zero-order chi connectivity index (χ0) is 28.3. The van der Waals surface area contributed by atoms with E-state index in [2.05, 4.69) is 30.9 Å². The first kappa shape index (κ1) is 27.2. The highest BCUT2D eigenvalue weighted by Gasteiger charge is 2.35. The Balaban J connectivity index is 1.36. The summed E-state index contributed by atoms with van der Waals surface area (Å²) in [6, 6.07) is 22.3. The van der Waals surface area contributed by atoms with Gasteiger partial charge in [-0.1, -0.05) is 66.7 Å². The number of hydrazine groups is 1. The number of tetrazole rings is 1. The summed E-state index contributed by atoms with van der Waals surface area (Å²) < 4.78 is 26.6. The van der Waals surface area contributed by atoms with Crippen molar-refractivity contribution in [3.05, 3.63) is 90.1 Å². The van der Waals surface area contributed by atoms with Gasteiger partial charge >= 0.3 is 0 Å². The molecule has 2 aromatic heterocycles. The minimum Gasteiger partial charge on any atom is -0.361 e. The summed E-state index contributed by atoms with van der Waals surface area (Å²) in [6.45, 7) is 0.237. The number of fused-ring (bicyclic) bond motifs is 1. The van der Waals surface area contributed by atoms with E-state index in [-0.39, 0.29) is 13.0 Å². The van der Waals surface area contributed by atoms with Gasteiger partial charge in [0.1, 0.15) is 6.04 Å². The fraction of sp³-hybridized carbons (Fsp3) is 0.214. The van der Waals surface area contributed by atoms with Gasteiger partial charge in [-0.2, -0.15) is 5.21 Å². The number of aromatic amines is 2. The van der Waals surface area contributed by atoms with E-state index in [0.29, 0.717) is 5.82 Å². The van der Waals surface area contributed by atoms with E-state index in [0.717, 1.165) is 49.4 Å². The number of hydrogen-bond donors (Lipinski definition) is 3. The second-order valence-corrected chi connectivity index (χ2v) is 11.5. The van der Waals surface area contributed by atoms with Crippen molar-refractivity contribution in [1.82, 2.24) is 40.3 Å². The van der Waals surface area contributed by atoms with E-state index in [4.69, 9.17) is 0 Å². The van der Waals surface area contributed by atoms with Gasteiger partial charge in [0, 0.05) is 49.7 Å². The Morgan fingerprint density at radius 2 is 1.68 bits per heavy atom. The summed E-state index contributed by atoms with van der Waals surface area (Å²) in [6.07, 6.45) is 3.13. The van der Waals surface area contributed by atoms with Gasteiger partial charge in [0.05, 0.1) is 6.26 Å². The number of carbonyl (C=O) groups excluding carboxylic acids is 1. The van der Waals surface area contributed by atoms with Crippen LogP contribution in [-0.2, 0) is 27.8 Å². The molecule has 0 aliphatic heterocycles. The third-order valence-corrected chi connectivity index (χ3v) is 7.90. The van der Waals surface area contributed by atoms with E-state index in [1.165, 1.54) is 5.01 Å². The van der Waals surface area contributed by atoms with Crippen LogP contribution in [0.3, 0.4) is 0 Å². The predicted molar refractivity (Wildman–Crippen MR) is 153 cm³/mol. The first-order valence-corrected chi connectivity index (χ1v) is 14.5. The Morgan fingerprint density at radius 1 is 0.975 bits per heavy atom. The van der Waals surface area contributed by atoms with Gasteiger partial charge in [-0.3, -0.25) is 4.79 Å². The summed E-state index contributed by atoms with van der Waals surface area (Å²) in [7, 11) is -0.510. The number of hydrogen-bond acceptors (Lipinski definition) is 7. The van der Waals surface area contributed by atoms with Crippen LogP contribution in [0.5, 0.6) is 0 Å². The van der Waals surface area contributed by atoms with Gasteiger partial charge in [-0.05, 0) is 33.5 Å². The van der Waals surface area contributed by atoms with Crippen molar-refractivity contribution in [2.24, 2.45) is 0 Å². The lowest BCUT2D eigenvalue weighted by molar-refractivity contribution is -0.128. The smallest absolute Gasteiger partial charge is 0.240 e. The van der Waals surface area contributed by atoms with Crippen LogP contribution < -0.4 is 5.32 Å².